The summed E-state index contributed by atoms with van der Waals surface area (Å²) in [4.78, 5) is 14.5. The Kier molecular flexibility index (Phi) is 5.57. The van der Waals surface area contributed by atoms with Gasteiger partial charge in [0.15, 0.2) is 0 Å². The Bertz CT molecular complexity index is 785. The maximum Gasteiger partial charge on any atom is 0.245 e. The number of amides is 1. The zero-order chi connectivity index (χ0) is 17.6. The fourth-order valence-electron chi connectivity index (χ4n) is 3.15. The van der Waals surface area contributed by atoms with Gasteiger partial charge in [-0.3, -0.25) is 4.79 Å². The Hall–Kier alpha value is -2.51. The number of para-hydroxylation sites is 1. The second kappa shape index (κ2) is 8.04. The lowest BCUT2D eigenvalue weighted by Gasteiger charge is -2.18. The Balaban J connectivity index is 1.56. The third-order valence-electron chi connectivity index (χ3n) is 4.49. The molecule has 0 aromatic heterocycles. The van der Waals surface area contributed by atoms with Crippen LogP contribution in [0.15, 0.2) is 48.5 Å². The van der Waals surface area contributed by atoms with E-state index >= 15 is 0 Å². The van der Waals surface area contributed by atoms with Gasteiger partial charge in [0.1, 0.15) is 12.1 Å². The smallest absolute Gasteiger partial charge is 0.245 e. The first kappa shape index (κ1) is 17.3. The lowest BCUT2D eigenvalue weighted by atomic mass is 10.1. The number of hydrogen-bond acceptors (Lipinski definition) is 3. The van der Waals surface area contributed by atoms with E-state index in [0.29, 0.717) is 16.3 Å². The number of anilines is 1. The average molecular weight is 354 g/mol. The van der Waals surface area contributed by atoms with E-state index in [4.69, 9.17) is 11.6 Å². The van der Waals surface area contributed by atoms with E-state index in [2.05, 4.69) is 23.5 Å². The van der Waals surface area contributed by atoms with Gasteiger partial charge in [0, 0.05) is 13.1 Å². The van der Waals surface area contributed by atoms with Crippen molar-refractivity contribution in [1.82, 2.24) is 4.90 Å². The molecule has 1 fully saturated rings. The van der Waals surface area contributed by atoms with Gasteiger partial charge < -0.3 is 10.2 Å². The van der Waals surface area contributed by atoms with Crippen molar-refractivity contribution in [2.75, 3.05) is 18.4 Å². The standard InChI is InChI=1S/C20H20ClN3O/c21-17-10-4-9-16(14-22)19(17)23-18-11-13-24(20(18)25)12-5-8-15-6-2-1-3-7-15/h1-4,6-7,9-10,18,23H,5,8,11-13H2. The first-order valence-corrected chi connectivity index (χ1v) is 8.84. The van der Waals surface area contributed by atoms with Gasteiger partial charge in [-0.15, -0.1) is 0 Å². The third-order valence-corrected chi connectivity index (χ3v) is 4.80. The van der Waals surface area contributed by atoms with Crippen LogP contribution in [0, 0.1) is 11.3 Å². The number of rotatable bonds is 6. The summed E-state index contributed by atoms with van der Waals surface area (Å²) in [6, 6.07) is 17.3. The fraction of sp³-hybridized carbons (Fsp3) is 0.300. The fourth-order valence-corrected chi connectivity index (χ4v) is 3.38. The zero-order valence-electron chi connectivity index (χ0n) is 13.9. The third kappa shape index (κ3) is 4.12. The number of benzene rings is 2. The minimum atomic E-state index is -0.316. The quantitative estimate of drug-likeness (QED) is 0.858. The molecule has 1 amide bonds. The number of hydrogen-bond donors (Lipinski definition) is 1. The Labute approximate surface area is 153 Å². The van der Waals surface area contributed by atoms with E-state index in [-0.39, 0.29) is 11.9 Å². The summed E-state index contributed by atoms with van der Waals surface area (Å²) in [5, 5.41) is 12.9. The monoisotopic (exact) mass is 353 g/mol. The molecule has 2 aromatic carbocycles. The summed E-state index contributed by atoms with van der Waals surface area (Å²) in [5.41, 5.74) is 2.30. The van der Waals surface area contributed by atoms with E-state index in [1.165, 1.54) is 5.56 Å². The minimum Gasteiger partial charge on any atom is -0.371 e. The molecule has 1 N–H and O–H groups in total. The molecule has 128 valence electrons. The molecule has 1 atom stereocenters. The van der Waals surface area contributed by atoms with Gasteiger partial charge in [-0.05, 0) is 37.0 Å². The van der Waals surface area contributed by atoms with Crippen LogP contribution in [0.5, 0.6) is 0 Å². The number of nitrogens with zero attached hydrogens (tertiary/aromatic N) is 2. The minimum absolute atomic E-state index is 0.0804. The highest BCUT2D eigenvalue weighted by molar-refractivity contribution is 6.33. The number of nitrogens with one attached hydrogen (secondary N) is 1. The van der Waals surface area contributed by atoms with Crippen LogP contribution in [0.4, 0.5) is 5.69 Å². The van der Waals surface area contributed by atoms with E-state index < -0.39 is 0 Å². The molecule has 0 radical (unpaired) electrons. The van der Waals surface area contributed by atoms with E-state index in [9.17, 15) is 10.1 Å². The summed E-state index contributed by atoms with van der Waals surface area (Å²) < 4.78 is 0. The summed E-state index contributed by atoms with van der Waals surface area (Å²) in [6.07, 6.45) is 2.63. The molecule has 2 aromatic rings. The van der Waals surface area contributed by atoms with Gasteiger partial charge >= 0.3 is 0 Å². The van der Waals surface area contributed by atoms with Crippen molar-refractivity contribution in [1.29, 1.82) is 5.26 Å². The molecule has 0 aliphatic carbocycles. The van der Waals surface area contributed by atoms with Gasteiger partial charge in [-0.25, -0.2) is 0 Å². The Morgan fingerprint density at radius 2 is 2.00 bits per heavy atom. The molecule has 0 spiro atoms. The number of likely N-dealkylation sites (tertiary alicyclic amines) is 1. The second-order valence-corrected chi connectivity index (χ2v) is 6.58. The zero-order valence-corrected chi connectivity index (χ0v) is 14.7. The van der Waals surface area contributed by atoms with Crippen molar-refractivity contribution < 1.29 is 4.79 Å². The first-order chi connectivity index (χ1) is 12.2. The maximum absolute atomic E-state index is 12.6. The van der Waals surface area contributed by atoms with Crippen molar-refractivity contribution in [3.05, 3.63) is 64.7 Å². The van der Waals surface area contributed by atoms with Gasteiger partial charge in [0.25, 0.3) is 0 Å². The van der Waals surface area contributed by atoms with E-state index in [1.807, 2.05) is 23.1 Å². The number of aryl methyl sites for hydroxylation is 1. The van der Waals surface area contributed by atoms with E-state index in [0.717, 1.165) is 32.4 Å². The van der Waals surface area contributed by atoms with Crippen LogP contribution in [0.2, 0.25) is 5.02 Å². The molecule has 0 saturated carbocycles. The maximum atomic E-state index is 12.6. The van der Waals surface area contributed by atoms with Crippen LogP contribution < -0.4 is 5.32 Å². The molecule has 0 bridgehead atoms. The van der Waals surface area contributed by atoms with Gasteiger partial charge in [-0.2, -0.15) is 5.26 Å². The molecule has 1 aliphatic rings. The van der Waals surface area contributed by atoms with Crippen LogP contribution in [-0.4, -0.2) is 29.9 Å². The topological polar surface area (TPSA) is 56.1 Å². The van der Waals surface area contributed by atoms with E-state index in [1.54, 1.807) is 18.2 Å². The number of nitriles is 1. The molecule has 3 rings (SSSR count). The summed E-state index contributed by atoms with van der Waals surface area (Å²) >= 11 is 6.18. The Morgan fingerprint density at radius 3 is 2.76 bits per heavy atom. The highest BCUT2D eigenvalue weighted by atomic mass is 35.5. The predicted molar refractivity (Wildman–Crippen MR) is 99.5 cm³/mol. The largest absolute Gasteiger partial charge is 0.371 e. The highest BCUT2D eigenvalue weighted by Crippen LogP contribution is 2.28. The van der Waals surface area contributed by atoms with Crippen LogP contribution in [0.3, 0.4) is 0 Å². The molecule has 1 unspecified atom stereocenters. The molecule has 25 heavy (non-hydrogen) atoms. The van der Waals surface area contributed by atoms with Crippen molar-refractivity contribution in [2.45, 2.75) is 25.3 Å². The van der Waals surface area contributed by atoms with Crippen LogP contribution in [-0.2, 0) is 11.2 Å². The molecule has 4 nitrogen and oxygen atoms in total. The van der Waals surface area contributed by atoms with Crippen molar-refractivity contribution in [3.8, 4) is 6.07 Å². The SMILES string of the molecule is N#Cc1cccc(Cl)c1NC1CCN(CCCc2ccccc2)C1=O. The molecule has 1 heterocycles. The summed E-state index contributed by atoms with van der Waals surface area (Å²) in [6.45, 7) is 1.48. The lowest BCUT2D eigenvalue weighted by molar-refractivity contribution is -0.128. The second-order valence-electron chi connectivity index (χ2n) is 6.17. The van der Waals surface area contributed by atoms with Gasteiger partial charge in [0.2, 0.25) is 5.91 Å². The highest BCUT2D eigenvalue weighted by Gasteiger charge is 2.31. The van der Waals surface area contributed by atoms with Crippen molar-refractivity contribution in [2.24, 2.45) is 0 Å². The molecule has 1 saturated heterocycles. The first-order valence-electron chi connectivity index (χ1n) is 8.47. The molecular formula is C20H20ClN3O. The summed E-state index contributed by atoms with van der Waals surface area (Å²) in [7, 11) is 0. The number of carbonyl (C=O) groups is 1. The van der Waals surface area contributed by atoms with Gasteiger partial charge in [0.05, 0.1) is 16.3 Å². The average Bonchev–Trinajstić information content (AvgIpc) is 2.98. The number of halogens is 1. The van der Waals surface area contributed by atoms with Crippen LogP contribution in [0.25, 0.3) is 0 Å². The number of carbonyl (C=O) groups excluding carboxylic acids is 1. The van der Waals surface area contributed by atoms with Crippen molar-refractivity contribution in [3.63, 3.8) is 0 Å². The Morgan fingerprint density at radius 1 is 1.20 bits per heavy atom. The molecular weight excluding hydrogens is 334 g/mol. The normalized spacial score (nSPS) is 16.7. The van der Waals surface area contributed by atoms with Crippen LogP contribution in [0.1, 0.15) is 24.0 Å². The lowest BCUT2D eigenvalue weighted by Crippen LogP contribution is -2.34. The predicted octanol–water partition coefficient (Wildman–Crippen LogP) is 3.86. The van der Waals surface area contributed by atoms with Crippen LogP contribution >= 0.6 is 11.6 Å². The summed E-state index contributed by atoms with van der Waals surface area (Å²) in [5.74, 6) is 0.0804. The molecule has 5 heteroatoms. The van der Waals surface area contributed by atoms with Gasteiger partial charge in [-0.1, -0.05) is 48.0 Å². The molecule has 1 aliphatic heterocycles. The van der Waals surface area contributed by atoms with Crippen molar-refractivity contribution >= 4 is 23.2 Å².